The van der Waals surface area contributed by atoms with Crippen LogP contribution in [-0.4, -0.2) is 41.0 Å². The molecule has 1 aliphatic carbocycles. The van der Waals surface area contributed by atoms with Crippen molar-refractivity contribution in [3.05, 3.63) is 33.9 Å². The number of amides is 1. The SMILES string of the molecule is O=C(NC1CC(C(=O)O)C1)c1ccc(N2CCCC2)c([N+](=O)[O-])c1. The molecule has 1 heterocycles. The summed E-state index contributed by atoms with van der Waals surface area (Å²) in [4.78, 5) is 35.9. The molecule has 0 aromatic heterocycles. The maximum atomic E-state index is 12.2. The highest BCUT2D eigenvalue weighted by atomic mass is 16.6. The van der Waals surface area contributed by atoms with Gasteiger partial charge in [0, 0.05) is 30.8 Å². The number of carboxylic acid groups (broad SMARTS) is 1. The Hall–Kier alpha value is -2.64. The third-order valence-electron chi connectivity index (χ3n) is 4.70. The molecule has 0 atom stereocenters. The topological polar surface area (TPSA) is 113 Å². The lowest BCUT2D eigenvalue weighted by molar-refractivity contribution is -0.384. The largest absolute Gasteiger partial charge is 0.481 e. The Morgan fingerprint density at radius 1 is 1.25 bits per heavy atom. The molecule has 2 N–H and O–H groups in total. The van der Waals surface area contributed by atoms with Crippen molar-refractivity contribution in [3.63, 3.8) is 0 Å². The highest BCUT2D eigenvalue weighted by molar-refractivity contribution is 5.96. The Balaban J connectivity index is 1.71. The van der Waals surface area contributed by atoms with Crippen molar-refractivity contribution >= 4 is 23.3 Å². The number of nitro groups is 1. The first-order valence-electron chi connectivity index (χ1n) is 8.03. The second-order valence-electron chi connectivity index (χ2n) is 6.33. The molecule has 24 heavy (non-hydrogen) atoms. The number of aliphatic carboxylic acids is 1. The number of hydrogen-bond donors (Lipinski definition) is 2. The normalized spacial score (nSPS) is 22.8. The summed E-state index contributed by atoms with van der Waals surface area (Å²) in [5, 5.41) is 22.9. The highest BCUT2D eigenvalue weighted by Crippen LogP contribution is 2.32. The summed E-state index contributed by atoms with van der Waals surface area (Å²) in [7, 11) is 0. The number of rotatable bonds is 5. The molecule has 0 unspecified atom stereocenters. The molecule has 0 radical (unpaired) electrons. The summed E-state index contributed by atoms with van der Waals surface area (Å²) >= 11 is 0. The van der Waals surface area contributed by atoms with E-state index in [9.17, 15) is 19.7 Å². The highest BCUT2D eigenvalue weighted by Gasteiger charge is 2.35. The lowest BCUT2D eigenvalue weighted by Crippen LogP contribution is -2.46. The quantitative estimate of drug-likeness (QED) is 0.627. The van der Waals surface area contributed by atoms with Gasteiger partial charge >= 0.3 is 5.97 Å². The number of nitrogens with one attached hydrogen (secondary N) is 1. The second kappa shape index (κ2) is 6.46. The lowest BCUT2D eigenvalue weighted by atomic mass is 9.80. The molecule has 0 spiro atoms. The zero-order valence-electron chi connectivity index (χ0n) is 13.1. The fourth-order valence-corrected chi connectivity index (χ4v) is 3.24. The van der Waals surface area contributed by atoms with Crippen molar-refractivity contribution in [2.24, 2.45) is 5.92 Å². The summed E-state index contributed by atoms with van der Waals surface area (Å²) in [6, 6.07) is 4.33. The van der Waals surface area contributed by atoms with Crippen molar-refractivity contribution in [2.45, 2.75) is 31.7 Å². The monoisotopic (exact) mass is 333 g/mol. The number of carbonyl (C=O) groups excluding carboxylic acids is 1. The van der Waals surface area contributed by atoms with Crippen molar-refractivity contribution in [1.29, 1.82) is 0 Å². The van der Waals surface area contributed by atoms with Crippen LogP contribution in [0.15, 0.2) is 18.2 Å². The maximum Gasteiger partial charge on any atom is 0.306 e. The van der Waals surface area contributed by atoms with E-state index in [0.717, 1.165) is 25.9 Å². The van der Waals surface area contributed by atoms with Crippen LogP contribution in [0.5, 0.6) is 0 Å². The number of nitro benzene ring substituents is 1. The van der Waals surface area contributed by atoms with E-state index in [0.29, 0.717) is 18.5 Å². The van der Waals surface area contributed by atoms with E-state index in [1.165, 1.54) is 6.07 Å². The number of hydrogen-bond acceptors (Lipinski definition) is 5. The zero-order valence-corrected chi connectivity index (χ0v) is 13.1. The number of benzene rings is 1. The summed E-state index contributed by atoms with van der Waals surface area (Å²) in [5.41, 5.74) is 0.702. The minimum Gasteiger partial charge on any atom is -0.481 e. The van der Waals surface area contributed by atoms with E-state index in [4.69, 9.17) is 5.11 Å². The van der Waals surface area contributed by atoms with E-state index < -0.39 is 22.7 Å². The molecule has 1 saturated heterocycles. The number of carboxylic acids is 1. The Kier molecular flexibility index (Phi) is 4.37. The van der Waals surface area contributed by atoms with Gasteiger partial charge in [-0.1, -0.05) is 0 Å². The number of anilines is 1. The number of carbonyl (C=O) groups is 2. The van der Waals surface area contributed by atoms with E-state index in [1.807, 2.05) is 4.90 Å². The molecule has 1 saturated carbocycles. The maximum absolute atomic E-state index is 12.2. The van der Waals surface area contributed by atoms with Gasteiger partial charge in [-0.15, -0.1) is 0 Å². The Bertz CT molecular complexity index is 678. The molecular formula is C16H19N3O5. The molecule has 1 aliphatic heterocycles. The predicted molar refractivity (Wildman–Crippen MR) is 86.2 cm³/mol. The van der Waals surface area contributed by atoms with Gasteiger partial charge in [0.05, 0.1) is 10.8 Å². The molecule has 1 aromatic rings. The van der Waals surface area contributed by atoms with Gasteiger partial charge in [0.15, 0.2) is 0 Å². The Morgan fingerprint density at radius 3 is 2.50 bits per heavy atom. The van der Waals surface area contributed by atoms with Gasteiger partial charge < -0.3 is 15.3 Å². The first kappa shape index (κ1) is 16.2. The average molecular weight is 333 g/mol. The standard InChI is InChI=1S/C16H19N3O5/c20-15(17-12-7-11(8-12)16(21)22)10-3-4-13(14(9-10)19(23)24)18-5-1-2-6-18/h3-4,9,11-12H,1-2,5-8H2,(H,17,20)(H,21,22). The fourth-order valence-electron chi connectivity index (χ4n) is 3.24. The predicted octanol–water partition coefficient (Wildman–Crippen LogP) is 1.79. The molecule has 2 fully saturated rings. The average Bonchev–Trinajstić information content (AvgIpc) is 3.03. The summed E-state index contributed by atoms with van der Waals surface area (Å²) < 4.78 is 0. The van der Waals surface area contributed by atoms with Gasteiger partial charge in [-0.2, -0.15) is 0 Å². The van der Waals surface area contributed by atoms with Gasteiger partial charge in [0.1, 0.15) is 5.69 Å². The fraction of sp³-hybridized carbons (Fsp3) is 0.500. The molecule has 3 rings (SSSR count). The van der Waals surface area contributed by atoms with Crippen LogP contribution in [-0.2, 0) is 4.79 Å². The van der Waals surface area contributed by atoms with Crippen LogP contribution in [0.25, 0.3) is 0 Å². The summed E-state index contributed by atoms with van der Waals surface area (Å²) in [5.74, 6) is -1.67. The molecule has 8 heteroatoms. The van der Waals surface area contributed by atoms with E-state index in [1.54, 1.807) is 12.1 Å². The Labute approximate surface area is 138 Å². The third-order valence-corrected chi connectivity index (χ3v) is 4.70. The van der Waals surface area contributed by atoms with Crippen molar-refractivity contribution in [1.82, 2.24) is 5.32 Å². The zero-order chi connectivity index (χ0) is 17.3. The van der Waals surface area contributed by atoms with Gasteiger partial charge in [-0.3, -0.25) is 19.7 Å². The van der Waals surface area contributed by atoms with Crippen LogP contribution in [0, 0.1) is 16.0 Å². The van der Waals surface area contributed by atoms with Gasteiger partial charge in [-0.05, 0) is 37.8 Å². The van der Waals surface area contributed by atoms with Crippen LogP contribution in [0.4, 0.5) is 11.4 Å². The summed E-state index contributed by atoms with van der Waals surface area (Å²) in [6.45, 7) is 1.57. The van der Waals surface area contributed by atoms with Crippen LogP contribution in [0.1, 0.15) is 36.0 Å². The molecule has 0 bridgehead atoms. The van der Waals surface area contributed by atoms with Crippen LogP contribution in [0.3, 0.4) is 0 Å². The third kappa shape index (κ3) is 3.17. The molecule has 1 amide bonds. The molecule has 128 valence electrons. The minimum absolute atomic E-state index is 0.0680. The van der Waals surface area contributed by atoms with Gasteiger partial charge in [-0.25, -0.2) is 0 Å². The summed E-state index contributed by atoms with van der Waals surface area (Å²) in [6.07, 6.45) is 2.81. The molecule has 1 aromatic carbocycles. The van der Waals surface area contributed by atoms with E-state index >= 15 is 0 Å². The Morgan fingerprint density at radius 2 is 1.92 bits per heavy atom. The van der Waals surface area contributed by atoms with E-state index in [-0.39, 0.29) is 17.3 Å². The second-order valence-corrected chi connectivity index (χ2v) is 6.33. The van der Waals surface area contributed by atoms with Crippen molar-refractivity contribution in [3.8, 4) is 0 Å². The smallest absolute Gasteiger partial charge is 0.306 e. The molecule has 2 aliphatic rings. The van der Waals surface area contributed by atoms with Crippen molar-refractivity contribution < 1.29 is 19.6 Å². The van der Waals surface area contributed by atoms with Crippen LogP contribution >= 0.6 is 0 Å². The van der Waals surface area contributed by atoms with Crippen LogP contribution < -0.4 is 10.2 Å². The van der Waals surface area contributed by atoms with Gasteiger partial charge in [0.25, 0.3) is 11.6 Å². The number of nitrogens with zero attached hydrogens (tertiary/aromatic N) is 2. The molecule has 8 nitrogen and oxygen atoms in total. The lowest BCUT2D eigenvalue weighted by Gasteiger charge is -2.32. The first-order valence-corrected chi connectivity index (χ1v) is 8.03. The first-order chi connectivity index (χ1) is 11.5. The van der Waals surface area contributed by atoms with Crippen LogP contribution in [0.2, 0.25) is 0 Å². The van der Waals surface area contributed by atoms with Crippen molar-refractivity contribution in [2.75, 3.05) is 18.0 Å². The van der Waals surface area contributed by atoms with Gasteiger partial charge in [0.2, 0.25) is 0 Å². The minimum atomic E-state index is -0.855. The van der Waals surface area contributed by atoms with E-state index in [2.05, 4.69) is 5.32 Å². The molecular weight excluding hydrogens is 314 g/mol.